The number of ether oxygens (including phenoxy) is 1. The number of benzene rings is 1. The molecule has 2 aliphatic heterocycles. The number of likely N-dealkylation sites (tertiary alicyclic amines) is 2. The molecule has 2 aromatic rings. The van der Waals surface area contributed by atoms with Crippen LogP contribution in [-0.2, 0) is 0 Å². The van der Waals surface area contributed by atoms with Crippen molar-refractivity contribution in [2.45, 2.75) is 69.8 Å². The summed E-state index contributed by atoms with van der Waals surface area (Å²) in [7, 11) is 0. The molecule has 0 spiro atoms. The van der Waals surface area contributed by atoms with Gasteiger partial charge >= 0.3 is 6.36 Å². The van der Waals surface area contributed by atoms with Crippen molar-refractivity contribution in [2.24, 2.45) is 0 Å². The van der Waals surface area contributed by atoms with Crippen molar-refractivity contribution >= 4 is 5.91 Å². The second-order valence-corrected chi connectivity index (χ2v) is 9.83. The summed E-state index contributed by atoms with van der Waals surface area (Å²) < 4.78 is 43.9. The molecular weight excluding hydrogens is 461 g/mol. The van der Waals surface area contributed by atoms with Crippen molar-refractivity contribution in [1.82, 2.24) is 19.6 Å². The number of nitrogens with zero attached hydrogens (tertiary/aromatic N) is 4. The van der Waals surface area contributed by atoms with Crippen LogP contribution in [0.25, 0.3) is 5.69 Å². The molecular formula is C25H31F3N4O3. The molecule has 5 rings (SSSR count). The lowest BCUT2D eigenvalue weighted by Crippen LogP contribution is -2.53. The number of carbonyl (C=O) groups is 1. The van der Waals surface area contributed by atoms with Crippen LogP contribution in [0.1, 0.15) is 66.2 Å². The molecule has 2 saturated heterocycles. The van der Waals surface area contributed by atoms with E-state index in [2.05, 4.69) is 14.7 Å². The van der Waals surface area contributed by atoms with Crippen molar-refractivity contribution < 1.29 is 27.8 Å². The molecule has 1 aromatic carbocycles. The molecule has 0 radical (unpaired) electrons. The van der Waals surface area contributed by atoms with Gasteiger partial charge in [0.25, 0.3) is 5.91 Å². The van der Waals surface area contributed by atoms with E-state index in [1.54, 1.807) is 22.6 Å². The van der Waals surface area contributed by atoms with E-state index in [0.717, 1.165) is 44.5 Å². The van der Waals surface area contributed by atoms with Gasteiger partial charge in [-0.15, -0.1) is 13.2 Å². The minimum absolute atomic E-state index is 0.0984. The van der Waals surface area contributed by atoms with Crippen molar-refractivity contribution in [3.63, 3.8) is 0 Å². The van der Waals surface area contributed by atoms with Gasteiger partial charge in [-0.2, -0.15) is 5.10 Å². The van der Waals surface area contributed by atoms with E-state index in [4.69, 9.17) is 0 Å². The maximum absolute atomic E-state index is 13.8. The smallest absolute Gasteiger partial charge is 0.406 e. The summed E-state index contributed by atoms with van der Waals surface area (Å²) in [6, 6.07) is 5.79. The molecule has 3 aliphatic rings. The number of hydrogen-bond acceptors (Lipinski definition) is 5. The number of hydrogen-bond donors (Lipinski definition) is 1. The molecule has 35 heavy (non-hydrogen) atoms. The number of aryl methyl sites for hydroxylation is 1. The van der Waals surface area contributed by atoms with Crippen LogP contribution in [0, 0.1) is 6.92 Å². The number of alkyl halides is 3. The Labute approximate surface area is 202 Å². The molecule has 3 fully saturated rings. The number of carbonyl (C=O) groups excluding carboxylic acids is 1. The zero-order valence-corrected chi connectivity index (χ0v) is 19.8. The third-order valence-electron chi connectivity index (χ3n) is 7.39. The third-order valence-corrected chi connectivity index (χ3v) is 7.39. The first kappa shape index (κ1) is 24.1. The first-order valence-electron chi connectivity index (χ1n) is 12.4. The average Bonchev–Trinajstić information content (AvgIpc) is 3.38. The van der Waals surface area contributed by atoms with Gasteiger partial charge in [0.1, 0.15) is 5.75 Å². The average molecular weight is 493 g/mol. The Morgan fingerprint density at radius 1 is 1.17 bits per heavy atom. The van der Waals surface area contributed by atoms with Gasteiger partial charge in [-0.3, -0.25) is 4.79 Å². The van der Waals surface area contributed by atoms with E-state index in [9.17, 15) is 23.1 Å². The molecule has 1 amide bonds. The van der Waals surface area contributed by atoms with E-state index in [1.165, 1.54) is 31.0 Å². The fourth-order valence-electron chi connectivity index (χ4n) is 5.60. The van der Waals surface area contributed by atoms with Gasteiger partial charge in [0.2, 0.25) is 0 Å². The first-order valence-corrected chi connectivity index (χ1v) is 12.4. The van der Waals surface area contributed by atoms with Crippen LogP contribution >= 0.6 is 0 Å². The first-order chi connectivity index (χ1) is 16.7. The van der Waals surface area contributed by atoms with Crippen LogP contribution in [0.3, 0.4) is 0 Å². The lowest BCUT2D eigenvalue weighted by molar-refractivity contribution is -0.274. The van der Waals surface area contributed by atoms with E-state index < -0.39 is 6.36 Å². The van der Waals surface area contributed by atoms with Gasteiger partial charge in [-0.25, -0.2) is 4.68 Å². The van der Waals surface area contributed by atoms with Crippen LogP contribution < -0.4 is 4.74 Å². The molecule has 1 saturated carbocycles. The molecule has 10 heteroatoms. The lowest BCUT2D eigenvalue weighted by Gasteiger charge is -2.42. The van der Waals surface area contributed by atoms with Gasteiger partial charge in [0.05, 0.1) is 35.3 Å². The van der Waals surface area contributed by atoms with Crippen molar-refractivity contribution in [3.8, 4) is 11.4 Å². The summed E-state index contributed by atoms with van der Waals surface area (Å²) in [6.45, 7) is 4.38. The largest absolute Gasteiger partial charge is 0.573 e. The molecule has 3 heterocycles. The Balaban J connectivity index is 1.44. The molecule has 1 aromatic heterocycles. The van der Waals surface area contributed by atoms with E-state index in [1.807, 2.05) is 0 Å². The van der Waals surface area contributed by atoms with E-state index >= 15 is 0 Å². The minimum atomic E-state index is -4.79. The van der Waals surface area contributed by atoms with Gasteiger partial charge < -0.3 is 19.6 Å². The Bertz CT molecular complexity index is 1080. The van der Waals surface area contributed by atoms with Crippen molar-refractivity contribution in [1.29, 1.82) is 0 Å². The number of amides is 1. The summed E-state index contributed by atoms with van der Waals surface area (Å²) in [6.07, 6.45) is 0.993. The predicted octanol–water partition coefficient (Wildman–Crippen LogP) is 4.02. The molecule has 0 unspecified atom stereocenters. The number of aromatic nitrogens is 2. The second-order valence-electron chi connectivity index (χ2n) is 9.83. The second kappa shape index (κ2) is 9.46. The molecule has 1 aliphatic carbocycles. The summed E-state index contributed by atoms with van der Waals surface area (Å²) in [4.78, 5) is 18.1. The standard InChI is InChI=1S/C25H31F3N4O3/c1-16-22(24(34)31-12-9-18(13-20(31)15-33)30-10-2-3-11-30)23(17-7-8-17)32(29-16)19-5-4-6-21(14-19)35-25(26,27)28/h4-6,14,17-18,20,33H,2-3,7-13,15H2,1H3/t18-,20-/m0/s1. The van der Waals surface area contributed by atoms with Crippen LogP contribution in [-0.4, -0.2) is 75.3 Å². The van der Waals surface area contributed by atoms with Gasteiger partial charge in [0, 0.05) is 24.6 Å². The highest BCUT2D eigenvalue weighted by Crippen LogP contribution is 2.44. The maximum atomic E-state index is 13.8. The molecule has 0 bridgehead atoms. The topological polar surface area (TPSA) is 70.8 Å². The lowest BCUT2D eigenvalue weighted by atomic mass is 9.95. The van der Waals surface area contributed by atoms with E-state index in [0.29, 0.717) is 29.5 Å². The summed E-state index contributed by atoms with van der Waals surface area (Å²) in [5.41, 5.74) is 2.20. The number of aliphatic hydroxyl groups is 1. The van der Waals surface area contributed by atoms with Gasteiger partial charge in [-0.05, 0) is 70.7 Å². The fourth-order valence-corrected chi connectivity index (χ4v) is 5.60. The predicted molar refractivity (Wildman–Crippen MR) is 123 cm³/mol. The highest BCUT2D eigenvalue weighted by molar-refractivity contribution is 5.97. The number of aliphatic hydroxyl groups excluding tert-OH is 1. The minimum Gasteiger partial charge on any atom is -0.406 e. The Morgan fingerprint density at radius 3 is 2.57 bits per heavy atom. The molecule has 7 nitrogen and oxygen atoms in total. The maximum Gasteiger partial charge on any atom is 0.573 e. The van der Waals surface area contributed by atoms with E-state index in [-0.39, 0.29) is 30.2 Å². The van der Waals surface area contributed by atoms with Gasteiger partial charge in [0.15, 0.2) is 0 Å². The Morgan fingerprint density at radius 2 is 1.91 bits per heavy atom. The summed E-state index contributed by atoms with van der Waals surface area (Å²) >= 11 is 0. The number of rotatable bonds is 6. The van der Waals surface area contributed by atoms with Crippen LogP contribution in [0.4, 0.5) is 13.2 Å². The summed E-state index contributed by atoms with van der Waals surface area (Å²) in [5.74, 6) is -0.364. The normalized spacial score (nSPS) is 23.6. The number of piperidine rings is 1. The highest BCUT2D eigenvalue weighted by Gasteiger charge is 2.40. The zero-order chi connectivity index (χ0) is 24.7. The third kappa shape index (κ3) is 5.04. The van der Waals surface area contributed by atoms with Crippen LogP contribution in [0.5, 0.6) is 5.75 Å². The van der Waals surface area contributed by atoms with Crippen LogP contribution in [0.15, 0.2) is 24.3 Å². The summed E-state index contributed by atoms with van der Waals surface area (Å²) in [5, 5.41) is 14.7. The highest BCUT2D eigenvalue weighted by atomic mass is 19.4. The van der Waals surface area contributed by atoms with Crippen molar-refractivity contribution in [3.05, 3.63) is 41.2 Å². The number of halogens is 3. The Hall–Kier alpha value is -2.59. The molecule has 190 valence electrons. The van der Waals surface area contributed by atoms with Crippen molar-refractivity contribution in [2.75, 3.05) is 26.2 Å². The molecule has 2 atom stereocenters. The Kier molecular flexibility index (Phi) is 6.52. The zero-order valence-electron chi connectivity index (χ0n) is 19.8. The van der Waals surface area contributed by atoms with Gasteiger partial charge in [-0.1, -0.05) is 6.07 Å². The quantitative estimate of drug-likeness (QED) is 0.660. The SMILES string of the molecule is Cc1nn(-c2cccc(OC(F)(F)F)c2)c(C2CC2)c1C(=O)N1CC[C@H](N2CCCC2)C[C@H]1CO. The monoisotopic (exact) mass is 492 g/mol. The fraction of sp³-hybridized carbons (Fsp3) is 0.600. The molecule has 1 N–H and O–H groups in total. The van der Waals surface area contributed by atoms with Crippen LogP contribution in [0.2, 0.25) is 0 Å².